The number of thiazole rings is 1. The number of methoxy groups -OCH3 is 1. The van der Waals surface area contributed by atoms with Gasteiger partial charge >= 0.3 is 0 Å². The van der Waals surface area contributed by atoms with E-state index < -0.39 is 0 Å². The zero-order chi connectivity index (χ0) is 21.9. The zero-order valence-corrected chi connectivity index (χ0v) is 18.9. The van der Waals surface area contributed by atoms with Gasteiger partial charge in [-0.1, -0.05) is 36.0 Å². The standard InChI is InChI=1S/C24H19N3O3S2/c1-29-18-10-8-16(9-11-18)13-27-23(28)19-5-2-3-6-20(19)26-24(27)32-15-17-14-31-22(25-17)21-7-4-12-30-21/h2-12,14H,13,15H2,1H3. The Bertz CT molecular complexity index is 1410. The van der Waals surface area contributed by atoms with Gasteiger partial charge in [-0.05, 0) is 42.0 Å². The predicted molar refractivity (Wildman–Crippen MR) is 127 cm³/mol. The summed E-state index contributed by atoms with van der Waals surface area (Å²) in [7, 11) is 1.64. The smallest absolute Gasteiger partial charge is 0.262 e. The third-order valence-electron chi connectivity index (χ3n) is 4.96. The summed E-state index contributed by atoms with van der Waals surface area (Å²) in [5.74, 6) is 2.14. The number of hydrogen-bond acceptors (Lipinski definition) is 7. The average molecular weight is 462 g/mol. The van der Waals surface area contributed by atoms with Crippen molar-refractivity contribution in [2.75, 3.05) is 7.11 Å². The molecular formula is C24H19N3O3S2. The van der Waals surface area contributed by atoms with Crippen LogP contribution in [0, 0.1) is 0 Å². The largest absolute Gasteiger partial charge is 0.497 e. The van der Waals surface area contributed by atoms with Gasteiger partial charge in [-0.2, -0.15) is 0 Å². The van der Waals surface area contributed by atoms with Gasteiger partial charge in [0.2, 0.25) is 0 Å². The molecule has 3 aromatic heterocycles. The van der Waals surface area contributed by atoms with Crippen molar-refractivity contribution in [3.63, 3.8) is 0 Å². The highest BCUT2D eigenvalue weighted by Crippen LogP contribution is 2.28. The second-order valence-corrected chi connectivity index (χ2v) is 8.86. The molecule has 0 amide bonds. The number of hydrogen-bond donors (Lipinski definition) is 0. The highest BCUT2D eigenvalue weighted by molar-refractivity contribution is 7.98. The first-order chi connectivity index (χ1) is 15.7. The minimum Gasteiger partial charge on any atom is -0.497 e. The number of thioether (sulfide) groups is 1. The van der Waals surface area contributed by atoms with Crippen molar-refractivity contribution in [2.24, 2.45) is 0 Å². The van der Waals surface area contributed by atoms with Gasteiger partial charge in [0.05, 0.1) is 36.5 Å². The maximum absolute atomic E-state index is 13.3. The van der Waals surface area contributed by atoms with E-state index in [1.165, 1.54) is 23.1 Å². The molecule has 0 aliphatic rings. The second kappa shape index (κ2) is 9.02. The number of aromatic nitrogens is 3. The molecule has 0 radical (unpaired) electrons. The van der Waals surface area contributed by atoms with Crippen LogP contribution in [0.1, 0.15) is 11.3 Å². The molecule has 8 heteroatoms. The van der Waals surface area contributed by atoms with Gasteiger partial charge in [-0.3, -0.25) is 9.36 Å². The summed E-state index contributed by atoms with van der Waals surface area (Å²) in [4.78, 5) is 22.8. The first-order valence-electron chi connectivity index (χ1n) is 9.95. The Morgan fingerprint density at radius 1 is 1.06 bits per heavy atom. The summed E-state index contributed by atoms with van der Waals surface area (Å²) >= 11 is 3.05. The number of para-hydroxylation sites is 1. The lowest BCUT2D eigenvalue weighted by Gasteiger charge is -2.13. The van der Waals surface area contributed by atoms with Crippen LogP contribution in [0.5, 0.6) is 5.75 Å². The second-order valence-electron chi connectivity index (χ2n) is 7.06. The summed E-state index contributed by atoms with van der Waals surface area (Å²) in [6.45, 7) is 0.428. The van der Waals surface area contributed by atoms with Crippen LogP contribution in [0.3, 0.4) is 0 Å². The molecule has 0 unspecified atom stereocenters. The number of benzene rings is 2. The lowest BCUT2D eigenvalue weighted by Crippen LogP contribution is -2.24. The van der Waals surface area contributed by atoms with Crippen LogP contribution in [0.25, 0.3) is 21.7 Å². The van der Waals surface area contributed by atoms with E-state index in [9.17, 15) is 4.79 Å². The minimum atomic E-state index is -0.0523. The van der Waals surface area contributed by atoms with Crippen molar-refractivity contribution < 1.29 is 9.15 Å². The van der Waals surface area contributed by atoms with Gasteiger partial charge in [-0.25, -0.2) is 9.97 Å². The van der Waals surface area contributed by atoms with Gasteiger partial charge in [0.1, 0.15) is 5.75 Å². The summed E-state index contributed by atoms with van der Waals surface area (Å²) in [5.41, 5.74) is 2.56. The molecule has 0 bridgehead atoms. The number of rotatable bonds is 7. The first-order valence-corrected chi connectivity index (χ1v) is 11.8. The third-order valence-corrected chi connectivity index (χ3v) is 6.87. The van der Waals surface area contributed by atoms with E-state index in [0.717, 1.165) is 27.8 Å². The van der Waals surface area contributed by atoms with Gasteiger partial charge < -0.3 is 9.15 Å². The molecule has 6 nitrogen and oxygen atoms in total. The Hall–Kier alpha value is -3.36. The molecule has 0 aliphatic carbocycles. The van der Waals surface area contributed by atoms with E-state index >= 15 is 0 Å². The molecule has 5 aromatic rings. The fourth-order valence-electron chi connectivity index (χ4n) is 3.34. The summed E-state index contributed by atoms with van der Waals surface area (Å²) in [5, 5.41) is 4.13. The van der Waals surface area contributed by atoms with E-state index in [-0.39, 0.29) is 5.56 Å². The quantitative estimate of drug-likeness (QED) is 0.237. The topological polar surface area (TPSA) is 70.2 Å². The molecule has 0 spiro atoms. The number of nitrogens with zero attached hydrogens (tertiary/aromatic N) is 3. The van der Waals surface area contributed by atoms with E-state index in [0.29, 0.717) is 28.4 Å². The summed E-state index contributed by atoms with van der Waals surface area (Å²) in [6.07, 6.45) is 1.64. The van der Waals surface area contributed by atoms with Crippen LogP contribution >= 0.6 is 23.1 Å². The first kappa shape index (κ1) is 20.5. The summed E-state index contributed by atoms with van der Waals surface area (Å²) < 4.78 is 12.4. The fraction of sp³-hybridized carbons (Fsp3) is 0.125. The number of furan rings is 1. The van der Waals surface area contributed by atoms with Crippen molar-refractivity contribution in [2.45, 2.75) is 17.5 Å². The van der Waals surface area contributed by atoms with E-state index in [4.69, 9.17) is 14.1 Å². The lowest BCUT2D eigenvalue weighted by atomic mass is 10.2. The van der Waals surface area contributed by atoms with E-state index in [2.05, 4.69) is 4.98 Å². The molecule has 0 fully saturated rings. The average Bonchev–Trinajstić information content (AvgIpc) is 3.52. The molecule has 0 aliphatic heterocycles. The molecular weight excluding hydrogens is 442 g/mol. The van der Waals surface area contributed by atoms with Crippen LogP contribution in [0.4, 0.5) is 0 Å². The Kier molecular flexibility index (Phi) is 5.79. The SMILES string of the molecule is COc1ccc(Cn2c(SCc3csc(-c4ccco4)n3)nc3ccccc3c2=O)cc1. The lowest BCUT2D eigenvalue weighted by molar-refractivity contribution is 0.414. The van der Waals surface area contributed by atoms with Crippen molar-refractivity contribution in [1.29, 1.82) is 0 Å². The fourth-order valence-corrected chi connectivity index (χ4v) is 5.12. The normalized spacial score (nSPS) is 11.2. The molecule has 5 rings (SSSR count). The van der Waals surface area contributed by atoms with Crippen molar-refractivity contribution >= 4 is 34.0 Å². The monoisotopic (exact) mass is 461 g/mol. The molecule has 2 aromatic carbocycles. The van der Waals surface area contributed by atoms with Crippen LogP contribution < -0.4 is 10.3 Å². The highest BCUT2D eigenvalue weighted by atomic mass is 32.2. The summed E-state index contributed by atoms with van der Waals surface area (Å²) in [6, 6.07) is 18.9. The minimum absolute atomic E-state index is 0.0523. The Balaban J connectivity index is 1.46. The van der Waals surface area contributed by atoms with Crippen LogP contribution in [-0.2, 0) is 12.3 Å². The molecule has 0 saturated carbocycles. The van der Waals surface area contributed by atoms with Crippen molar-refractivity contribution in [3.8, 4) is 16.5 Å². The van der Waals surface area contributed by atoms with E-state index in [1.807, 2.05) is 66.0 Å². The van der Waals surface area contributed by atoms with Gasteiger partial charge in [0.15, 0.2) is 15.9 Å². The number of ether oxygens (including phenoxy) is 1. The highest BCUT2D eigenvalue weighted by Gasteiger charge is 2.14. The number of fused-ring (bicyclic) bond motifs is 1. The van der Waals surface area contributed by atoms with E-state index in [1.54, 1.807) is 17.9 Å². The molecule has 3 heterocycles. The van der Waals surface area contributed by atoms with Gasteiger partial charge in [0, 0.05) is 11.1 Å². The van der Waals surface area contributed by atoms with Crippen LogP contribution in [0.2, 0.25) is 0 Å². The molecule has 32 heavy (non-hydrogen) atoms. The van der Waals surface area contributed by atoms with Crippen LogP contribution in [0.15, 0.2) is 86.7 Å². The Labute approximate surface area is 192 Å². The zero-order valence-electron chi connectivity index (χ0n) is 17.2. The molecule has 160 valence electrons. The van der Waals surface area contributed by atoms with Crippen LogP contribution in [-0.4, -0.2) is 21.6 Å². The third kappa shape index (κ3) is 4.19. The van der Waals surface area contributed by atoms with Gasteiger partial charge in [-0.15, -0.1) is 11.3 Å². The Morgan fingerprint density at radius 3 is 2.69 bits per heavy atom. The Morgan fingerprint density at radius 2 is 1.91 bits per heavy atom. The maximum Gasteiger partial charge on any atom is 0.262 e. The maximum atomic E-state index is 13.3. The van der Waals surface area contributed by atoms with Gasteiger partial charge in [0.25, 0.3) is 5.56 Å². The molecule has 0 saturated heterocycles. The van der Waals surface area contributed by atoms with Crippen molar-refractivity contribution in [3.05, 3.63) is 93.9 Å². The molecule has 0 atom stereocenters. The predicted octanol–water partition coefficient (Wildman–Crippen LogP) is 5.46. The van der Waals surface area contributed by atoms with Crippen molar-refractivity contribution in [1.82, 2.24) is 14.5 Å². The molecule has 0 N–H and O–H groups in total.